The van der Waals surface area contributed by atoms with Crippen LogP contribution in [0, 0.1) is 5.41 Å². The van der Waals surface area contributed by atoms with Crippen molar-refractivity contribution in [2.24, 2.45) is 5.41 Å². The van der Waals surface area contributed by atoms with E-state index in [-0.39, 0.29) is 21.9 Å². The Kier molecular flexibility index (Phi) is 5.39. The highest BCUT2D eigenvalue weighted by Crippen LogP contribution is 2.33. The monoisotopic (exact) mass is 320 g/mol. The molecule has 0 saturated heterocycles. The van der Waals surface area contributed by atoms with E-state index in [1.807, 2.05) is 14.1 Å². The van der Waals surface area contributed by atoms with E-state index in [1.54, 1.807) is 6.92 Å². The molecule has 1 aromatic heterocycles. The van der Waals surface area contributed by atoms with Crippen molar-refractivity contribution in [2.75, 3.05) is 44.0 Å². The van der Waals surface area contributed by atoms with Crippen molar-refractivity contribution in [3.63, 3.8) is 0 Å². The summed E-state index contributed by atoms with van der Waals surface area (Å²) in [5.41, 5.74) is 5.70. The summed E-state index contributed by atoms with van der Waals surface area (Å²) in [6.45, 7) is 7.40. The third-order valence-electron chi connectivity index (χ3n) is 2.84. The quantitative estimate of drug-likeness (QED) is 0.792. The molecule has 0 amide bonds. The second-order valence-corrected chi connectivity index (χ2v) is 8.87. The van der Waals surface area contributed by atoms with Gasteiger partial charge in [-0.3, -0.25) is 0 Å². The first-order valence-electron chi connectivity index (χ1n) is 6.45. The zero-order valence-electron chi connectivity index (χ0n) is 12.7. The normalized spacial score (nSPS) is 12.9. The molecule has 0 bridgehead atoms. The molecule has 0 aliphatic heterocycles. The maximum atomic E-state index is 12.0. The second-order valence-electron chi connectivity index (χ2n) is 5.89. The molecule has 0 spiro atoms. The van der Waals surface area contributed by atoms with E-state index in [2.05, 4.69) is 28.4 Å². The summed E-state index contributed by atoms with van der Waals surface area (Å²) < 4.78 is 28.0. The predicted octanol–water partition coefficient (Wildman–Crippen LogP) is 1.52. The Labute approximate surface area is 125 Å². The number of nitrogens with two attached hydrogens (primary N) is 1. The predicted molar refractivity (Wildman–Crippen MR) is 85.1 cm³/mol. The topological polar surface area (TPSA) is 88.3 Å². The van der Waals surface area contributed by atoms with Crippen molar-refractivity contribution in [1.82, 2.24) is 9.27 Å². The van der Waals surface area contributed by atoms with Gasteiger partial charge < -0.3 is 16.0 Å². The molecule has 0 unspecified atom stereocenters. The summed E-state index contributed by atoms with van der Waals surface area (Å²) in [4.78, 5) is 2.25. The number of nitrogen functional groups attached to an aromatic ring is 1. The largest absolute Gasteiger partial charge is 0.382 e. The number of nitrogens with one attached hydrogen (secondary N) is 1. The van der Waals surface area contributed by atoms with E-state index in [0.717, 1.165) is 18.1 Å². The van der Waals surface area contributed by atoms with Crippen LogP contribution in [0.5, 0.6) is 0 Å². The summed E-state index contributed by atoms with van der Waals surface area (Å²) in [5.74, 6) is 0.107. The van der Waals surface area contributed by atoms with Crippen molar-refractivity contribution in [3.05, 3.63) is 0 Å². The van der Waals surface area contributed by atoms with Gasteiger partial charge in [-0.2, -0.15) is 4.37 Å². The number of anilines is 2. The highest BCUT2D eigenvalue weighted by atomic mass is 32.2. The highest BCUT2D eigenvalue weighted by Gasteiger charge is 2.26. The lowest BCUT2D eigenvalue weighted by Gasteiger charge is -2.28. The minimum Gasteiger partial charge on any atom is -0.382 e. The van der Waals surface area contributed by atoms with Crippen LogP contribution in [0.1, 0.15) is 20.8 Å². The van der Waals surface area contributed by atoms with Gasteiger partial charge in [0.2, 0.25) is 0 Å². The zero-order valence-corrected chi connectivity index (χ0v) is 14.4. The molecule has 0 aliphatic carbocycles. The minimum atomic E-state index is -3.36. The molecule has 0 fully saturated rings. The van der Waals surface area contributed by atoms with Crippen LogP contribution in [-0.2, 0) is 9.84 Å². The smallest absolute Gasteiger partial charge is 0.184 e. The summed E-state index contributed by atoms with van der Waals surface area (Å²) >= 11 is 1.10. The summed E-state index contributed by atoms with van der Waals surface area (Å²) in [7, 11) is 0.670. The van der Waals surface area contributed by atoms with Gasteiger partial charge in [0.05, 0.1) is 5.75 Å². The average Bonchev–Trinajstić information content (AvgIpc) is 2.67. The third-order valence-corrected chi connectivity index (χ3v) is 5.58. The van der Waals surface area contributed by atoms with Gasteiger partial charge in [0.25, 0.3) is 0 Å². The van der Waals surface area contributed by atoms with E-state index >= 15 is 0 Å². The maximum absolute atomic E-state index is 12.0. The van der Waals surface area contributed by atoms with E-state index in [1.165, 1.54) is 0 Å². The molecule has 6 nitrogen and oxygen atoms in total. The molecule has 1 rings (SSSR count). The van der Waals surface area contributed by atoms with Crippen LogP contribution >= 0.6 is 11.5 Å². The lowest BCUT2D eigenvalue weighted by molar-refractivity contribution is 0.254. The minimum absolute atomic E-state index is 0.00942. The van der Waals surface area contributed by atoms with Crippen molar-refractivity contribution < 1.29 is 8.42 Å². The molecule has 0 aliphatic rings. The second kappa shape index (κ2) is 6.28. The standard InChI is InChI=1S/C12H24N4O2S2/c1-6-20(17,18)9-10(13)15-19-11(9)14-7-12(2,3)8-16(4)5/h14H,6-8H2,1-5H3,(H2,13,15). The lowest BCUT2D eigenvalue weighted by Crippen LogP contribution is -2.34. The number of nitrogens with zero attached hydrogens (tertiary/aromatic N) is 2. The van der Waals surface area contributed by atoms with E-state index < -0.39 is 9.84 Å². The summed E-state index contributed by atoms with van der Waals surface area (Å²) in [5, 5.41) is 3.73. The Balaban J connectivity index is 2.91. The lowest BCUT2D eigenvalue weighted by atomic mass is 9.93. The van der Waals surface area contributed by atoms with Crippen LogP contribution < -0.4 is 11.1 Å². The molecule has 0 radical (unpaired) electrons. The maximum Gasteiger partial charge on any atom is 0.184 e. The molecule has 8 heteroatoms. The van der Waals surface area contributed by atoms with Gasteiger partial charge in [-0.15, -0.1) is 0 Å². The Bertz CT molecular complexity index is 550. The highest BCUT2D eigenvalue weighted by molar-refractivity contribution is 7.91. The fourth-order valence-electron chi connectivity index (χ4n) is 2.08. The van der Waals surface area contributed by atoms with Crippen LogP contribution in [0.25, 0.3) is 0 Å². The molecular formula is C12H24N4O2S2. The Morgan fingerprint density at radius 2 is 2.00 bits per heavy atom. The van der Waals surface area contributed by atoms with Gasteiger partial charge in [-0.05, 0) is 31.0 Å². The van der Waals surface area contributed by atoms with Gasteiger partial charge in [-0.1, -0.05) is 20.8 Å². The van der Waals surface area contributed by atoms with Crippen LogP contribution in [0.15, 0.2) is 4.90 Å². The SMILES string of the molecule is CCS(=O)(=O)c1c(N)nsc1NCC(C)(C)CN(C)C. The molecule has 0 saturated carbocycles. The fraction of sp³-hybridized carbons (Fsp3) is 0.750. The summed E-state index contributed by atoms with van der Waals surface area (Å²) in [6, 6.07) is 0. The third kappa shape index (κ3) is 4.32. The van der Waals surface area contributed by atoms with E-state index in [0.29, 0.717) is 11.5 Å². The van der Waals surface area contributed by atoms with Crippen molar-refractivity contribution >= 4 is 32.2 Å². The fourth-order valence-corrected chi connectivity index (χ4v) is 4.25. The first-order chi connectivity index (χ1) is 9.09. The molecular weight excluding hydrogens is 296 g/mol. The van der Waals surface area contributed by atoms with E-state index in [9.17, 15) is 8.42 Å². The van der Waals surface area contributed by atoms with Crippen LogP contribution in [0.2, 0.25) is 0 Å². The van der Waals surface area contributed by atoms with Gasteiger partial charge in [0.15, 0.2) is 15.7 Å². The van der Waals surface area contributed by atoms with E-state index in [4.69, 9.17) is 5.73 Å². The Morgan fingerprint density at radius 1 is 1.40 bits per heavy atom. The van der Waals surface area contributed by atoms with Crippen molar-refractivity contribution in [2.45, 2.75) is 25.7 Å². The zero-order chi connectivity index (χ0) is 15.6. The van der Waals surface area contributed by atoms with Crippen molar-refractivity contribution in [3.8, 4) is 0 Å². The average molecular weight is 320 g/mol. The van der Waals surface area contributed by atoms with Gasteiger partial charge >= 0.3 is 0 Å². The molecule has 3 N–H and O–H groups in total. The number of aromatic nitrogens is 1. The van der Waals surface area contributed by atoms with Gasteiger partial charge in [0.1, 0.15) is 9.90 Å². The number of hydrogen-bond acceptors (Lipinski definition) is 7. The van der Waals surface area contributed by atoms with Crippen LogP contribution in [-0.4, -0.2) is 50.6 Å². The molecule has 0 atom stereocenters. The van der Waals surface area contributed by atoms with Crippen LogP contribution in [0.3, 0.4) is 0 Å². The molecule has 1 heterocycles. The van der Waals surface area contributed by atoms with Crippen LogP contribution in [0.4, 0.5) is 10.8 Å². The van der Waals surface area contributed by atoms with Crippen molar-refractivity contribution in [1.29, 1.82) is 0 Å². The molecule has 0 aromatic carbocycles. The Morgan fingerprint density at radius 3 is 2.50 bits per heavy atom. The van der Waals surface area contributed by atoms with Gasteiger partial charge in [-0.25, -0.2) is 8.42 Å². The first-order valence-corrected chi connectivity index (χ1v) is 8.88. The van der Waals surface area contributed by atoms with Gasteiger partial charge in [0, 0.05) is 13.1 Å². The Hall–Kier alpha value is -0.860. The number of sulfone groups is 1. The molecule has 116 valence electrons. The first kappa shape index (κ1) is 17.2. The summed E-state index contributed by atoms with van der Waals surface area (Å²) in [6.07, 6.45) is 0. The number of hydrogen-bond donors (Lipinski definition) is 2. The number of rotatable bonds is 7. The molecule has 20 heavy (non-hydrogen) atoms. The molecule has 1 aromatic rings.